The van der Waals surface area contributed by atoms with E-state index in [1.54, 1.807) is 6.92 Å². The molecule has 0 fully saturated rings. The molecule has 0 aliphatic carbocycles. The van der Waals surface area contributed by atoms with Crippen molar-refractivity contribution in [2.24, 2.45) is 0 Å². The second kappa shape index (κ2) is 7.81. The third-order valence-corrected chi connectivity index (χ3v) is 4.91. The summed E-state index contributed by atoms with van der Waals surface area (Å²) in [5.41, 5.74) is 5.00. The average Bonchev–Trinajstić information content (AvgIpc) is 2.67. The fourth-order valence-corrected chi connectivity index (χ4v) is 3.51. The Labute approximate surface area is 169 Å². The summed E-state index contributed by atoms with van der Waals surface area (Å²) >= 11 is 6.44. The third-order valence-electron chi connectivity index (χ3n) is 4.54. The number of anilines is 2. The van der Waals surface area contributed by atoms with Gasteiger partial charge in [-0.3, -0.25) is 9.59 Å². The van der Waals surface area contributed by atoms with Crippen LogP contribution in [-0.4, -0.2) is 22.0 Å². The van der Waals surface area contributed by atoms with E-state index in [2.05, 4.69) is 5.32 Å². The monoisotopic (exact) mass is 421 g/mol. The molecule has 9 heteroatoms. The van der Waals surface area contributed by atoms with Gasteiger partial charge in [-0.1, -0.05) is 11.6 Å². The van der Waals surface area contributed by atoms with Gasteiger partial charge in [0, 0.05) is 18.3 Å². The largest absolute Gasteiger partial charge is 0.396 e. The molecule has 0 aliphatic rings. The van der Waals surface area contributed by atoms with E-state index in [0.717, 1.165) is 12.1 Å². The van der Waals surface area contributed by atoms with Gasteiger partial charge in [0.05, 0.1) is 45.2 Å². The van der Waals surface area contributed by atoms with Crippen LogP contribution in [0.4, 0.5) is 20.2 Å². The minimum atomic E-state index is -0.755. The summed E-state index contributed by atoms with van der Waals surface area (Å²) in [5.74, 6) is -2.03. The molecule has 0 atom stereocenters. The Hall–Kier alpha value is -2.97. The molecule has 152 valence electrons. The number of aliphatic hydroxyl groups is 1. The van der Waals surface area contributed by atoms with Crippen LogP contribution in [0.15, 0.2) is 29.2 Å². The van der Waals surface area contributed by atoms with Gasteiger partial charge in [-0.2, -0.15) is 0 Å². The lowest BCUT2D eigenvalue weighted by Gasteiger charge is -2.19. The second-order valence-corrected chi connectivity index (χ2v) is 6.81. The molecule has 0 aliphatic heterocycles. The van der Waals surface area contributed by atoms with Crippen molar-refractivity contribution in [3.05, 3.63) is 62.4 Å². The molecule has 29 heavy (non-hydrogen) atoms. The van der Waals surface area contributed by atoms with Crippen molar-refractivity contribution < 1.29 is 18.7 Å². The van der Waals surface area contributed by atoms with Gasteiger partial charge < -0.3 is 20.7 Å². The van der Waals surface area contributed by atoms with Crippen LogP contribution >= 0.6 is 11.6 Å². The van der Waals surface area contributed by atoms with Crippen molar-refractivity contribution in [3.8, 4) is 5.69 Å². The molecule has 0 saturated carbocycles. The molecule has 4 N–H and O–H groups in total. The zero-order chi connectivity index (χ0) is 21.5. The first-order valence-corrected chi connectivity index (χ1v) is 9.10. The molecule has 3 aromatic rings. The Balaban J connectivity index is 2.57. The molecule has 1 heterocycles. The Morgan fingerprint density at radius 3 is 2.55 bits per heavy atom. The lowest BCUT2D eigenvalue weighted by Crippen LogP contribution is -2.19. The van der Waals surface area contributed by atoms with Gasteiger partial charge in [0.15, 0.2) is 11.2 Å². The summed E-state index contributed by atoms with van der Waals surface area (Å²) in [5, 5.41) is 12.3. The number of nitrogens with one attached hydrogen (secondary N) is 1. The van der Waals surface area contributed by atoms with Crippen molar-refractivity contribution >= 4 is 39.7 Å². The van der Waals surface area contributed by atoms with Crippen LogP contribution < -0.4 is 16.5 Å². The van der Waals surface area contributed by atoms with Crippen LogP contribution in [0.1, 0.15) is 29.8 Å². The van der Waals surface area contributed by atoms with Gasteiger partial charge in [-0.25, -0.2) is 8.78 Å². The molecule has 0 amide bonds. The van der Waals surface area contributed by atoms with Gasteiger partial charge in [-0.05, 0) is 32.0 Å². The molecular formula is C20H18ClF2N3O3. The van der Waals surface area contributed by atoms with E-state index in [1.165, 1.54) is 23.8 Å². The van der Waals surface area contributed by atoms with Crippen LogP contribution in [0.25, 0.3) is 16.6 Å². The highest BCUT2D eigenvalue weighted by Crippen LogP contribution is 2.35. The Bertz CT molecular complexity index is 1210. The number of nitrogens with two attached hydrogens (primary N) is 1. The third kappa shape index (κ3) is 3.45. The Morgan fingerprint density at radius 2 is 1.97 bits per heavy atom. The summed E-state index contributed by atoms with van der Waals surface area (Å²) in [6.07, 6.45) is 1.23. The molecule has 0 bridgehead atoms. The summed E-state index contributed by atoms with van der Waals surface area (Å²) < 4.78 is 29.8. The van der Waals surface area contributed by atoms with E-state index in [1.807, 2.05) is 0 Å². The molecule has 0 saturated heterocycles. The number of pyridine rings is 1. The lowest BCUT2D eigenvalue weighted by atomic mass is 10.1. The van der Waals surface area contributed by atoms with E-state index in [4.69, 9.17) is 17.3 Å². The van der Waals surface area contributed by atoms with Crippen LogP contribution in [0, 0.1) is 11.6 Å². The number of aliphatic hydroxyl groups excluding tert-OH is 1. The molecule has 0 spiro atoms. The van der Waals surface area contributed by atoms with E-state index in [9.17, 15) is 23.5 Å². The van der Waals surface area contributed by atoms with Gasteiger partial charge in [0.25, 0.3) is 0 Å². The molecule has 0 unspecified atom stereocenters. The summed E-state index contributed by atoms with van der Waals surface area (Å²) in [4.78, 5) is 24.8. The number of hydrogen-bond donors (Lipinski definition) is 3. The van der Waals surface area contributed by atoms with Crippen molar-refractivity contribution in [1.29, 1.82) is 0 Å². The standard InChI is InChI=1S/C20H18ClF2N3O3/c1-3-25-18-14(23)5-11-19(17(18)21)26(7-12(9(2)28)20(11)29)16-6-15(24)13(22)4-10(16)8-27/h4-7,25,27H,3,8,24H2,1-2H3. The first-order valence-electron chi connectivity index (χ1n) is 8.72. The lowest BCUT2D eigenvalue weighted by molar-refractivity contribution is 0.101. The van der Waals surface area contributed by atoms with E-state index in [-0.39, 0.29) is 44.1 Å². The van der Waals surface area contributed by atoms with Crippen LogP contribution in [0.5, 0.6) is 0 Å². The molecule has 6 nitrogen and oxygen atoms in total. The summed E-state index contributed by atoms with van der Waals surface area (Å²) in [7, 11) is 0. The number of benzene rings is 2. The van der Waals surface area contributed by atoms with Gasteiger partial charge >= 0.3 is 0 Å². The summed E-state index contributed by atoms with van der Waals surface area (Å²) in [6, 6.07) is 3.29. The van der Waals surface area contributed by atoms with Crippen molar-refractivity contribution in [2.75, 3.05) is 17.6 Å². The van der Waals surface area contributed by atoms with Crippen molar-refractivity contribution in [3.63, 3.8) is 0 Å². The number of aromatic nitrogens is 1. The number of ketones is 1. The Morgan fingerprint density at radius 1 is 1.28 bits per heavy atom. The topological polar surface area (TPSA) is 97.4 Å². The van der Waals surface area contributed by atoms with E-state index in [0.29, 0.717) is 6.54 Å². The van der Waals surface area contributed by atoms with Gasteiger partial charge in [0.2, 0.25) is 0 Å². The van der Waals surface area contributed by atoms with E-state index < -0.39 is 29.5 Å². The number of hydrogen-bond acceptors (Lipinski definition) is 5. The van der Waals surface area contributed by atoms with Gasteiger partial charge in [0.1, 0.15) is 11.6 Å². The fourth-order valence-electron chi connectivity index (χ4n) is 3.16. The maximum atomic E-state index is 14.6. The number of rotatable bonds is 5. The first kappa shape index (κ1) is 20.8. The van der Waals surface area contributed by atoms with Crippen molar-refractivity contribution in [2.45, 2.75) is 20.5 Å². The molecular weight excluding hydrogens is 404 g/mol. The van der Waals surface area contributed by atoms with Gasteiger partial charge in [-0.15, -0.1) is 0 Å². The summed E-state index contributed by atoms with van der Waals surface area (Å²) in [6.45, 7) is 2.76. The predicted octanol–water partition coefficient (Wildman–Crippen LogP) is 3.63. The number of carbonyl (C=O) groups excluding carboxylic acids is 1. The maximum Gasteiger partial charge on any atom is 0.200 e. The number of carbonyl (C=O) groups is 1. The molecule has 2 aromatic carbocycles. The average molecular weight is 422 g/mol. The number of halogens is 3. The molecule has 3 rings (SSSR count). The number of nitrogens with zero attached hydrogens (tertiary/aromatic N) is 1. The highest BCUT2D eigenvalue weighted by atomic mass is 35.5. The fraction of sp³-hybridized carbons (Fsp3) is 0.200. The normalized spacial score (nSPS) is 11.1. The second-order valence-electron chi connectivity index (χ2n) is 6.43. The molecule has 0 radical (unpaired) electrons. The highest BCUT2D eigenvalue weighted by molar-refractivity contribution is 6.38. The first-order chi connectivity index (χ1) is 13.7. The van der Waals surface area contributed by atoms with Crippen molar-refractivity contribution in [1.82, 2.24) is 4.57 Å². The van der Waals surface area contributed by atoms with Crippen LogP contribution in [0.2, 0.25) is 5.02 Å². The number of Topliss-reactive ketones (excluding diaryl/α,β-unsaturated/α-hetero) is 1. The minimum absolute atomic E-state index is 0.0222. The SMILES string of the molecule is CCNc1c(F)cc2c(=O)c(C(C)=O)cn(-c3cc(N)c(F)cc3CO)c2c1Cl. The zero-order valence-electron chi connectivity index (χ0n) is 15.6. The number of nitrogen functional groups attached to an aromatic ring is 1. The predicted molar refractivity (Wildman–Crippen MR) is 109 cm³/mol. The quantitative estimate of drug-likeness (QED) is 0.431. The Kier molecular flexibility index (Phi) is 5.59. The minimum Gasteiger partial charge on any atom is -0.396 e. The van der Waals surface area contributed by atoms with E-state index >= 15 is 0 Å². The zero-order valence-corrected chi connectivity index (χ0v) is 16.4. The van der Waals surface area contributed by atoms with Crippen LogP contribution in [-0.2, 0) is 6.61 Å². The van der Waals surface area contributed by atoms with Crippen LogP contribution in [0.3, 0.4) is 0 Å². The maximum absolute atomic E-state index is 14.6. The smallest absolute Gasteiger partial charge is 0.200 e. The molecule has 1 aromatic heterocycles. The highest BCUT2D eigenvalue weighted by Gasteiger charge is 2.22. The number of fused-ring (bicyclic) bond motifs is 1.